The van der Waals surface area contributed by atoms with Gasteiger partial charge in [0, 0.05) is 12.5 Å². The van der Waals surface area contributed by atoms with Gasteiger partial charge < -0.3 is 19.7 Å². The van der Waals surface area contributed by atoms with E-state index in [4.69, 9.17) is 14.6 Å². The van der Waals surface area contributed by atoms with E-state index in [9.17, 15) is 14.7 Å². The van der Waals surface area contributed by atoms with Crippen LogP contribution in [-0.2, 0) is 11.2 Å². The number of aliphatic carboxylic acids is 1. The van der Waals surface area contributed by atoms with Crippen LogP contribution in [0.4, 0.5) is 0 Å². The van der Waals surface area contributed by atoms with Gasteiger partial charge in [-0.25, -0.2) is 4.79 Å². The van der Waals surface area contributed by atoms with Gasteiger partial charge in [-0.05, 0) is 48.7 Å². The Morgan fingerprint density at radius 2 is 1.76 bits per heavy atom. The summed E-state index contributed by atoms with van der Waals surface area (Å²) in [5.74, 6) is -0.326. The van der Waals surface area contributed by atoms with E-state index < -0.39 is 5.97 Å². The number of rotatable bonds is 11. The summed E-state index contributed by atoms with van der Waals surface area (Å²) in [5, 5.41) is 18.9. The summed E-state index contributed by atoms with van der Waals surface area (Å²) in [5.41, 5.74) is 1.57. The van der Waals surface area contributed by atoms with Gasteiger partial charge in [0.2, 0.25) is 0 Å². The highest BCUT2D eigenvalue weighted by Gasteiger charge is 2.17. The Balaban J connectivity index is 1.86. The first-order valence-corrected chi connectivity index (χ1v) is 9.15. The van der Waals surface area contributed by atoms with Gasteiger partial charge in [0.25, 0.3) is 0 Å². The van der Waals surface area contributed by atoms with E-state index in [0.29, 0.717) is 43.1 Å². The van der Waals surface area contributed by atoms with E-state index in [2.05, 4.69) is 6.58 Å². The Morgan fingerprint density at radius 3 is 2.38 bits per heavy atom. The van der Waals surface area contributed by atoms with Crippen LogP contribution in [0.25, 0.3) is 6.08 Å². The Hall–Kier alpha value is -3.54. The lowest BCUT2D eigenvalue weighted by atomic mass is 10.0. The third-order valence-corrected chi connectivity index (χ3v) is 4.05. The maximum Gasteiger partial charge on any atom is 0.328 e. The molecule has 0 heterocycles. The van der Waals surface area contributed by atoms with E-state index in [1.807, 2.05) is 0 Å². The molecule has 2 aromatic carbocycles. The second-order valence-corrected chi connectivity index (χ2v) is 6.29. The molecular weight excluding hydrogens is 372 g/mol. The van der Waals surface area contributed by atoms with Gasteiger partial charge in [-0.1, -0.05) is 24.3 Å². The zero-order chi connectivity index (χ0) is 21.2. The topological polar surface area (TPSA) is 93.1 Å². The SMILES string of the molecule is C=CCc1ccc(OCCCOc2ccc(C=CC(=O)O)cc2)c(C(C)=O)c1O. The molecule has 6 heteroatoms. The van der Waals surface area contributed by atoms with Crippen LogP contribution in [0.1, 0.15) is 34.8 Å². The Morgan fingerprint density at radius 1 is 1.07 bits per heavy atom. The third-order valence-electron chi connectivity index (χ3n) is 4.05. The molecule has 0 aliphatic heterocycles. The highest BCUT2D eigenvalue weighted by Crippen LogP contribution is 2.32. The number of benzene rings is 2. The summed E-state index contributed by atoms with van der Waals surface area (Å²) < 4.78 is 11.3. The lowest BCUT2D eigenvalue weighted by Crippen LogP contribution is -2.08. The second kappa shape index (κ2) is 10.7. The average Bonchev–Trinajstić information content (AvgIpc) is 2.68. The van der Waals surface area contributed by atoms with Crippen molar-refractivity contribution < 1.29 is 29.3 Å². The van der Waals surface area contributed by atoms with E-state index >= 15 is 0 Å². The Labute approximate surface area is 169 Å². The molecule has 0 aliphatic rings. The fourth-order valence-corrected chi connectivity index (χ4v) is 2.67. The zero-order valence-corrected chi connectivity index (χ0v) is 16.3. The molecule has 29 heavy (non-hydrogen) atoms. The van der Waals surface area contributed by atoms with Crippen LogP contribution in [0.3, 0.4) is 0 Å². The van der Waals surface area contributed by atoms with Crippen molar-refractivity contribution in [2.45, 2.75) is 19.8 Å². The number of carbonyl (C=O) groups excluding carboxylic acids is 1. The number of aromatic hydroxyl groups is 1. The molecule has 2 aromatic rings. The number of ketones is 1. The molecule has 0 aromatic heterocycles. The van der Waals surface area contributed by atoms with Crippen LogP contribution in [0.2, 0.25) is 0 Å². The van der Waals surface area contributed by atoms with Crippen molar-refractivity contribution in [3.63, 3.8) is 0 Å². The third kappa shape index (κ3) is 6.53. The normalized spacial score (nSPS) is 10.7. The minimum Gasteiger partial charge on any atom is -0.507 e. The van der Waals surface area contributed by atoms with E-state index in [1.165, 1.54) is 13.0 Å². The minimum atomic E-state index is -0.998. The smallest absolute Gasteiger partial charge is 0.328 e. The lowest BCUT2D eigenvalue weighted by Gasteiger charge is -2.14. The maximum atomic E-state index is 11.9. The highest BCUT2D eigenvalue weighted by atomic mass is 16.5. The molecule has 0 saturated carbocycles. The molecule has 0 aliphatic carbocycles. The first-order valence-electron chi connectivity index (χ1n) is 9.15. The molecule has 0 bridgehead atoms. The monoisotopic (exact) mass is 396 g/mol. The van der Waals surface area contributed by atoms with Gasteiger partial charge in [-0.15, -0.1) is 6.58 Å². The van der Waals surface area contributed by atoms with Crippen molar-refractivity contribution in [1.29, 1.82) is 0 Å². The summed E-state index contributed by atoms with van der Waals surface area (Å²) in [6.45, 7) is 5.75. The van der Waals surface area contributed by atoms with Crippen LogP contribution >= 0.6 is 0 Å². The number of hydrogen-bond donors (Lipinski definition) is 2. The van der Waals surface area contributed by atoms with E-state index in [1.54, 1.807) is 42.5 Å². The van der Waals surface area contributed by atoms with Crippen molar-refractivity contribution in [1.82, 2.24) is 0 Å². The number of phenols is 1. The largest absolute Gasteiger partial charge is 0.507 e. The number of allylic oxidation sites excluding steroid dienone is 1. The minimum absolute atomic E-state index is 0.0665. The predicted octanol–water partition coefficient (Wildman–Crippen LogP) is 4.27. The zero-order valence-electron chi connectivity index (χ0n) is 16.3. The average molecular weight is 396 g/mol. The van der Waals surface area contributed by atoms with Crippen molar-refractivity contribution in [3.05, 3.63) is 71.8 Å². The fourth-order valence-electron chi connectivity index (χ4n) is 2.67. The summed E-state index contributed by atoms with van der Waals surface area (Å²) in [4.78, 5) is 22.4. The van der Waals surface area contributed by atoms with Crippen LogP contribution in [0, 0.1) is 0 Å². The molecular formula is C23H24O6. The van der Waals surface area contributed by atoms with Crippen LogP contribution in [0.5, 0.6) is 17.2 Å². The Bertz CT molecular complexity index is 896. The molecule has 152 valence electrons. The molecule has 2 rings (SSSR count). The number of hydrogen-bond acceptors (Lipinski definition) is 5. The van der Waals surface area contributed by atoms with E-state index in [-0.39, 0.29) is 17.1 Å². The maximum absolute atomic E-state index is 11.9. The molecule has 6 nitrogen and oxygen atoms in total. The van der Waals surface area contributed by atoms with Gasteiger partial charge >= 0.3 is 5.97 Å². The molecule has 0 radical (unpaired) electrons. The van der Waals surface area contributed by atoms with Crippen LogP contribution in [-0.4, -0.2) is 35.2 Å². The number of ether oxygens (including phenoxy) is 2. The summed E-state index contributed by atoms with van der Waals surface area (Å²) in [6.07, 6.45) is 5.27. The van der Waals surface area contributed by atoms with Crippen LogP contribution < -0.4 is 9.47 Å². The van der Waals surface area contributed by atoms with Gasteiger partial charge in [-0.2, -0.15) is 0 Å². The lowest BCUT2D eigenvalue weighted by molar-refractivity contribution is -0.131. The standard InChI is InChI=1S/C23H24O6/c1-3-5-18-9-12-20(22(16(2)24)23(18)27)29-15-4-14-28-19-10-6-17(7-11-19)8-13-21(25)26/h3,6-13,27H,1,4-5,14-15H2,2H3,(H,25,26). The molecule has 2 N–H and O–H groups in total. The quantitative estimate of drug-likeness (QED) is 0.255. The summed E-state index contributed by atoms with van der Waals surface area (Å²) in [7, 11) is 0. The number of Topliss-reactive ketones (excluding diaryl/α,β-unsaturated/α-hetero) is 1. The molecule has 0 spiro atoms. The summed E-state index contributed by atoms with van der Waals surface area (Å²) >= 11 is 0. The van der Waals surface area contributed by atoms with Gasteiger partial charge in [0.1, 0.15) is 22.8 Å². The molecule has 0 fully saturated rings. The number of carboxylic acid groups (broad SMARTS) is 1. The predicted molar refractivity (Wildman–Crippen MR) is 111 cm³/mol. The molecule has 0 unspecified atom stereocenters. The number of carboxylic acids is 1. The van der Waals surface area contributed by atoms with E-state index in [0.717, 1.165) is 11.6 Å². The van der Waals surface area contributed by atoms with Gasteiger partial charge in [-0.3, -0.25) is 4.79 Å². The molecule has 0 amide bonds. The second-order valence-electron chi connectivity index (χ2n) is 6.29. The fraction of sp³-hybridized carbons (Fsp3) is 0.217. The van der Waals surface area contributed by atoms with Gasteiger partial charge in [0.15, 0.2) is 5.78 Å². The van der Waals surface area contributed by atoms with Crippen molar-refractivity contribution in [3.8, 4) is 17.2 Å². The first kappa shape index (κ1) is 21.8. The van der Waals surface area contributed by atoms with Crippen LogP contribution in [0.15, 0.2) is 55.1 Å². The van der Waals surface area contributed by atoms with Crippen molar-refractivity contribution in [2.24, 2.45) is 0 Å². The van der Waals surface area contributed by atoms with Gasteiger partial charge in [0.05, 0.1) is 13.2 Å². The van der Waals surface area contributed by atoms with Crippen molar-refractivity contribution >= 4 is 17.8 Å². The number of carbonyl (C=O) groups is 2. The highest BCUT2D eigenvalue weighted by molar-refractivity contribution is 6.00. The molecule has 0 saturated heterocycles. The summed E-state index contributed by atoms with van der Waals surface area (Å²) in [6, 6.07) is 10.4. The Kier molecular flexibility index (Phi) is 8.03. The molecule has 0 atom stereocenters. The number of phenolic OH excluding ortho intramolecular Hbond substituents is 1. The van der Waals surface area contributed by atoms with Crippen molar-refractivity contribution in [2.75, 3.05) is 13.2 Å². The first-order chi connectivity index (χ1) is 13.9.